The molecule has 3 aliphatic heterocycles. The third kappa shape index (κ3) is 29.8. The number of aliphatic hydroxyl groups is 1. The molecule has 47 heteroatoms. The van der Waals surface area contributed by atoms with Gasteiger partial charge in [0.15, 0.2) is 11.9 Å². The number of halogens is 1. The number of rotatable bonds is 29. The van der Waals surface area contributed by atoms with Crippen molar-refractivity contribution in [1.82, 2.24) is 92.5 Å². The summed E-state index contributed by atoms with van der Waals surface area (Å²) in [6, 6.07) is -5.64. The van der Waals surface area contributed by atoms with Gasteiger partial charge in [-0.2, -0.15) is 0 Å². The lowest BCUT2D eigenvalue weighted by molar-refractivity contribution is -0.149. The van der Waals surface area contributed by atoms with Crippen LogP contribution in [0.15, 0.2) is 85.2 Å². The number of aromatic amines is 1. The Balaban J connectivity index is 1.25. The van der Waals surface area contributed by atoms with Gasteiger partial charge in [0, 0.05) is 101 Å². The first-order chi connectivity index (χ1) is 65.3. The van der Waals surface area contributed by atoms with E-state index >= 15 is 28.8 Å². The first kappa shape index (κ1) is 109. The minimum absolute atomic E-state index is 0.0110. The summed E-state index contributed by atoms with van der Waals surface area (Å²) in [6.45, 7) is 4.19. The molecule has 8 rings (SSSR count). The summed E-state index contributed by atoms with van der Waals surface area (Å²) in [5, 5.41) is 71.1. The molecule has 15 atom stereocenters. The van der Waals surface area contributed by atoms with Crippen LogP contribution in [0.25, 0.3) is 21.8 Å². The average Bonchev–Trinajstić information content (AvgIpc) is 1.58. The van der Waals surface area contributed by atoms with E-state index in [1.807, 2.05) is 0 Å². The highest BCUT2D eigenvalue weighted by Crippen LogP contribution is 2.32. The number of likely N-dealkylation sites (N-methyl/N-ethyl adjacent to an activating group) is 3. The molecule has 0 spiro atoms. The van der Waals surface area contributed by atoms with Crippen molar-refractivity contribution < 1.29 is 126 Å². The Labute approximate surface area is 792 Å². The number of carbonyl (C=O) groups is 21. The van der Waals surface area contributed by atoms with Gasteiger partial charge < -0.3 is 125 Å². The van der Waals surface area contributed by atoms with E-state index in [2.05, 4.69) is 63.5 Å². The van der Waals surface area contributed by atoms with Crippen LogP contribution >= 0.6 is 0 Å². The highest BCUT2D eigenvalue weighted by molar-refractivity contribution is 6.03. The Kier molecular flexibility index (Phi) is 39.8. The topological polar surface area (TPSA) is 687 Å². The molecular weight excluding hydrogens is 1810 g/mol. The molecule has 22 N–H and O–H groups in total. The number of carboxylic acid groups (broad SMARTS) is 3. The van der Waals surface area contributed by atoms with Crippen molar-refractivity contribution in [3.05, 3.63) is 108 Å². The molecule has 3 saturated heterocycles. The summed E-state index contributed by atoms with van der Waals surface area (Å²) in [7, 11) is 3.63. The fourth-order valence-electron chi connectivity index (χ4n) is 17.0. The lowest BCUT2D eigenvalue weighted by atomic mass is 9.98. The summed E-state index contributed by atoms with van der Waals surface area (Å²) >= 11 is 0. The number of carbonyl (C=O) groups excluding carboxylic acids is 18. The molecule has 138 heavy (non-hydrogen) atoms. The van der Waals surface area contributed by atoms with Crippen molar-refractivity contribution in [3.8, 4) is 0 Å². The fraction of sp³-hybridized carbons (Fsp3) is 0.527. The minimum Gasteiger partial charge on any atom is -0.481 e. The largest absolute Gasteiger partial charge is 0.481 e. The molecule has 0 radical (unpaired) electrons. The Morgan fingerprint density at radius 3 is 1.75 bits per heavy atom. The predicted molar refractivity (Wildman–Crippen MR) is 489 cm³/mol. The molecule has 0 bridgehead atoms. The van der Waals surface area contributed by atoms with Crippen molar-refractivity contribution in [3.63, 3.8) is 0 Å². The molecule has 5 aromatic rings. The second-order valence-electron chi connectivity index (χ2n) is 35.2. The second kappa shape index (κ2) is 50.4. The summed E-state index contributed by atoms with van der Waals surface area (Å²) in [4.78, 5) is 308. The van der Waals surface area contributed by atoms with E-state index in [0.29, 0.717) is 45.1 Å². The molecule has 3 aromatic carbocycles. The maximum absolute atomic E-state index is 16.0. The zero-order valence-electron chi connectivity index (χ0n) is 77.9. The number of hydrogen-bond acceptors (Lipinski definition) is 24. The average molecular weight is 1930 g/mol. The van der Waals surface area contributed by atoms with Crippen LogP contribution in [0.2, 0.25) is 0 Å². The number of para-hydroxylation sites is 2. The maximum atomic E-state index is 16.0. The highest BCUT2D eigenvalue weighted by Gasteiger charge is 2.53. The molecule has 46 nitrogen and oxygen atoms in total. The number of benzene rings is 3. The van der Waals surface area contributed by atoms with Crippen LogP contribution < -0.4 is 75.7 Å². The number of aldehydes is 1. The van der Waals surface area contributed by atoms with E-state index in [1.165, 1.54) is 43.2 Å². The van der Waals surface area contributed by atoms with Crippen molar-refractivity contribution in [2.45, 2.75) is 247 Å². The van der Waals surface area contributed by atoms with Gasteiger partial charge in [0.1, 0.15) is 84.9 Å². The van der Waals surface area contributed by atoms with E-state index in [-0.39, 0.29) is 68.9 Å². The van der Waals surface area contributed by atoms with E-state index in [9.17, 15) is 96.7 Å². The summed E-state index contributed by atoms with van der Waals surface area (Å²) in [6.07, 6.45) is -5.14. The third-order valence-electron chi connectivity index (χ3n) is 24.3. The minimum atomic E-state index is -2.62. The van der Waals surface area contributed by atoms with E-state index in [4.69, 9.17) is 17.2 Å². The Morgan fingerprint density at radius 1 is 0.565 bits per heavy atom. The van der Waals surface area contributed by atoms with Crippen molar-refractivity contribution in [2.24, 2.45) is 23.1 Å². The third-order valence-corrected chi connectivity index (χ3v) is 24.3. The molecule has 3 aliphatic rings. The number of amides is 17. The van der Waals surface area contributed by atoms with Crippen molar-refractivity contribution in [2.75, 3.05) is 53.9 Å². The molecule has 17 amide bonds. The summed E-state index contributed by atoms with van der Waals surface area (Å²) in [5.41, 5.74) is 15.8. The van der Waals surface area contributed by atoms with Crippen LogP contribution in [0.1, 0.15) is 148 Å². The van der Waals surface area contributed by atoms with Gasteiger partial charge in [0.05, 0.1) is 44.5 Å². The lowest BCUT2D eigenvalue weighted by Crippen LogP contribution is -2.67. The molecule has 5 heterocycles. The molecule has 0 aliphatic carbocycles. The number of fused-ring (bicyclic) bond motifs is 4. The Bertz CT molecular complexity index is 5340. The number of nitrogens with zero attached hydrogens (tertiary/aromatic N) is 6. The number of aromatic nitrogens is 2. The molecular formula is C91H124FN21O25. The summed E-state index contributed by atoms with van der Waals surface area (Å²) < 4.78 is 15.7. The van der Waals surface area contributed by atoms with Gasteiger partial charge in [-0.15, -0.1) is 0 Å². The number of unbranched alkanes of at least 4 members (excludes halogenated alkanes) is 2. The number of nitrogens with two attached hydrogens (primary N) is 3. The quantitative estimate of drug-likeness (QED) is 0.0202. The van der Waals surface area contributed by atoms with Gasteiger partial charge >= 0.3 is 17.9 Å². The van der Waals surface area contributed by atoms with Crippen molar-refractivity contribution >= 4 is 146 Å². The molecule has 0 saturated carbocycles. The first-order valence-electron chi connectivity index (χ1n) is 45.4. The zero-order valence-corrected chi connectivity index (χ0v) is 77.9. The lowest BCUT2D eigenvalue weighted by Gasteiger charge is -2.39. The number of carboxylic acids is 3. The smallest absolute Gasteiger partial charge is 0.323 e. The first-order valence-corrected chi connectivity index (χ1v) is 45.4. The van der Waals surface area contributed by atoms with E-state index < -0.39 is 311 Å². The fourth-order valence-corrected chi connectivity index (χ4v) is 17.0. The van der Waals surface area contributed by atoms with Crippen LogP contribution in [0.5, 0.6) is 0 Å². The maximum Gasteiger partial charge on any atom is 0.323 e. The van der Waals surface area contributed by atoms with Crippen LogP contribution in [0.4, 0.5) is 4.39 Å². The van der Waals surface area contributed by atoms with Crippen molar-refractivity contribution in [1.29, 1.82) is 0 Å². The number of aliphatic carboxylic acids is 3. The van der Waals surface area contributed by atoms with Crippen LogP contribution in [-0.4, -0.2) is 323 Å². The zero-order chi connectivity index (χ0) is 102. The standard InChI is InChI=1S/C91H124FN21O25/c1-9-11-21-68-84(132)102-59(32-48(3)4)81(129)106-66(79(127)98-42-73(95)118)41-96-43-74(119)99-62(33-50-25-27-53(92)28-26-50)86(134)108(6)49(5)78(126)103-64(37-75(120)121)88(136)112-31-17-24-69(112)85(133)100-58(29-30-71(93)116)80(128)105-65(38-76(122)123)89(137)113-45-54(115)39-91(113,47-114)107-61(34-51-40-97-57-20-15-13-18-55(51)57)83(131)101-60(36-72(94)117)82(130)104-63(87(135)110(8)70(22-12-10-2)90(138)109(68)7)35-52-44-111(46-77(124)125)67-23-16-14-19-56(52)67/h13-16,18-20,23,25-28,40,44,47-49,54,58-66,68-70,96-97,107,115H,9-12,17,21-22,24,29-39,41-43,45-46H2,1-8H3,(H2,93,116)(H2,94,117)(H2,95,118)(H,98,127)(H,99,119)(H,100,133)(H,101,131)(H,102,132)(H,103,126)(H,104,130)(H,105,128)(H,106,129)(H,120,121)(H,122,123)(H,124,125)/t49-,54+,58-,59-,60-,61-,62-,63-,64-,65-,66-,68-,69-,70-,91?/m0/s1. The van der Waals surface area contributed by atoms with Gasteiger partial charge in [-0.3, -0.25) is 106 Å². The van der Waals surface area contributed by atoms with Gasteiger partial charge in [-0.05, 0) is 98.7 Å². The monoisotopic (exact) mass is 1930 g/mol. The number of hydrogen-bond donors (Lipinski definition) is 19. The molecule has 2 aromatic heterocycles. The molecule has 750 valence electrons. The second-order valence-corrected chi connectivity index (χ2v) is 35.2. The molecule has 1 unspecified atom stereocenters. The van der Waals surface area contributed by atoms with Crippen LogP contribution in [0, 0.1) is 11.7 Å². The normalized spacial score (nSPS) is 24.9. The van der Waals surface area contributed by atoms with Crippen LogP contribution in [0.3, 0.4) is 0 Å². The van der Waals surface area contributed by atoms with Gasteiger partial charge in [-0.1, -0.05) is 102 Å². The summed E-state index contributed by atoms with van der Waals surface area (Å²) in [5.74, 6) is -24.9. The Morgan fingerprint density at radius 2 is 1.12 bits per heavy atom. The highest BCUT2D eigenvalue weighted by atomic mass is 19.1. The van der Waals surface area contributed by atoms with Gasteiger partial charge in [0.2, 0.25) is 100 Å². The number of primary amides is 3. The van der Waals surface area contributed by atoms with E-state index in [1.54, 1.807) is 76.2 Å². The van der Waals surface area contributed by atoms with Gasteiger partial charge in [-0.25, -0.2) is 4.39 Å². The van der Waals surface area contributed by atoms with Gasteiger partial charge in [0.25, 0.3) is 0 Å². The number of nitrogens with one attached hydrogen (secondary N) is 12. The van der Waals surface area contributed by atoms with Crippen LogP contribution in [-0.2, 0) is 126 Å². The number of H-pyrrole nitrogens is 1. The number of aliphatic hydroxyl groups excluding tert-OH is 1. The SMILES string of the molecule is CCCC[C@H]1C(=O)N(C)[C@@H](CCCC)C(=O)N[C@@H](CC(C)C)C(=O)N[C@H](C(=O)NCC(N)=O)CNCC(=O)N[C@@H](Cc2ccc(F)cc2)C(=O)N(C)[C@@H](C)C(=O)N[C@@H](CC(=O)O)C(=O)N2CCC[C@H]2C(=O)N[C@@H](CCC(N)=O)C(=O)N[C@@H](CC(=O)O)C(=O)N2C[C@H](O)CC2(C=O)N[C@@H](Cc2c[nH]c3ccccc23)C(=O)N[C@@H](CC(N)=O)C(=O)N[C@@H](Cc2cn(CC(=O)O)c3ccccc23)C(=O)N1C. The molecule has 3 fully saturated rings. The Hall–Kier alpha value is -14.4. The van der Waals surface area contributed by atoms with E-state index in [0.717, 1.165) is 45.7 Å². The predicted octanol–water partition coefficient (Wildman–Crippen LogP) is -4.09.